The molecule has 0 heterocycles. The molecule has 3 N–H and O–H groups in total. The SMILES string of the molecule is CC(C)(C)C(CCN)NC(=O)CS(C)(=O)=O. The lowest BCUT2D eigenvalue weighted by atomic mass is 9.85. The lowest BCUT2D eigenvalue weighted by molar-refractivity contribution is -0.120. The van der Waals surface area contributed by atoms with E-state index in [-0.39, 0.29) is 11.5 Å². The van der Waals surface area contributed by atoms with E-state index >= 15 is 0 Å². The number of hydrogen-bond acceptors (Lipinski definition) is 4. The third-order valence-electron chi connectivity index (χ3n) is 2.23. The highest BCUT2D eigenvalue weighted by Gasteiger charge is 2.26. The molecule has 5 nitrogen and oxygen atoms in total. The molecule has 0 rings (SSSR count). The molecule has 96 valence electrons. The summed E-state index contributed by atoms with van der Waals surface area (Å²) in [6, 6.07) is -0.105. The molecule has 0 fully saturated rings. The van der Waals surface area contributed by atoms with Gasteiger partial charge in [-0.2, -0.15) is 0 Å². The van der Waals surface area contributed by atoms with Crippen molar-refractivity contribution in [3.05, 3.63) is 0 Å². The number of carbonyl (C=O) groups excluding carboxylic acids is 1. The van der Waals surface area contributed by atoms with Gasteiger partial charge in [-0.3, -0.25) is 4.79 Å². The largest absolute Gasteiger partial charge is 0.352 e. The second kappa shape index (κ2) is 5.63. The van der Waals surface area contributed by atoms with Gasteiger partial charge in [-0.25, -0.2) is 8.42 Å². The standard InChI is InChI=1S/C10H22N2O3S/c1-10(2,3)8(5-6-11)12-9(13)7-16(4,14)15/h8H,5-7,11H2,1-4H3,(H,12,13). The molecular weight excluding hydrogens is 228 g/mol. The molecule has 0 aromatic carbocycles. The van der Waals surface area contributed by atoms with E-state index < -0.39 is 21.5 Å². The summed E-state index contributed by atoms with van der Waals surface area (Å²) < 4.78 is 21.9. The number of carbonyl (C=O) groups is 1. The van der Waals surface area contributed by atoms with Crippen LogP contribution in [0.5, 0.6) is 0 Å². The van der Waals surface area contributed by atoms with Crippen molar-refractivity contribution in [2.45, 2.75) is 33.2 Å². The summed E-state index contributed by atoms with van der Waals surface area (Å²) in [5.41, 5.74) is 5.33. The maximum absolute atomic E-state index is 11.5. The molecule has 1 amide bonds. The zero-order chi connectivity index (χ0) is 13.0. The second-order valence-corrected chi connectivity index (χ2v) is 7.27. The molecule has 1 atom stereocenters. The Hall–Kier alpha value is -0.620. The Balaban J connectivity index is 4.48. The first-order valence-corrected chi connectivity index (χ1v) is 7.29. The summed E-state index contributed by atoms with van der Waals surface area (Å²) in [4.78, 5) is 11.5. The molecule has 6 heteroatoms. The fourth-order valence-electron chi connectivity index (χ4n) is 1.36. The Kier molecular flexibility index (Phi) is 5.41. The molecule has 0 spiro atoms. The number of nitrogens with two attached hydrogens (primary N) is 1. The van der Waals surface area contributed by atoms with Crippen LogP contribution in [0.15, 0.2) is 0 Å². The van der Waals surface area contributed by atoms with Crippen molar-refractivity contribution in [2.75, 3.05) is 18.6 Å². The van der Waals surface area contributed by atoms with Gasteiger partial charge in [0.15, 0.2) is 9.84 Å². The molecule has 0 radical (unpaired) electrons. The Bertz CT molecular complexity index is 330. The zero-order valence-corrected chi connectivity index (χ0v) is 11.2. The van der Waals surface area contributed by atoms with Gasteiger partial charge in [0.25, 0.3) is 0 Å². The normalized spacial score (nSPS) is 14.6. The van der Waals surface area contributed by atoms with Gasteiger partial charge in [-0.15, -0.1) is 0 Å². The molecule has 0 aliphatic heterocycles. The van der Waals surface area contributed by atoms with Crippen molar-refractivity contribution >= 4 is 15.7 Å². The summed E-state index contributed by atoms with van der Waals surface area (Å²) in [6.45, 7) is 6.40. The predicted molar refractivity (Wildman–Crippen MR) is 64.8 cm³/mol. The minimum absolute atomic E-state index is 0.105. The van der Waals surface area contributed by atoms with Crippen molar-refractivity contribution in [1.82, 2.24) is 5.32 Å². The van der Waals surface area contributed by atoms with E-state index in [1.807, 2.05) is 20.8 Å². The minimum Gasteiger partial charge on any atom is -0.352 e. The lowest BCUT2D eigenvalue weighted by Gasteiger charge is -2.31. The average Bonchev–Trinajstić information content (AvgIpc) is 1.97. The fourth-order valence-corrected chi connectivity index (χ4v) is 1.92. The molecule has 0 saturated carbocycles. The monoisotopic (exact) mass is 250 g/mol. The Morgan fingerprint density at radius 2 is 1.88 bits per heavy atom. The van der Waals surface area contributed by atoms with Gasteiger partial charge in [0.1, 0.15) is 5.75 Å². The average molecular weight is 250 g/mol. The molecule has 0 aliphatic rings. The molecule has 0 bridgehead atoms. The maximum atomic E-state index is 11.5. The molecule has 0 aromatic heterocycles. The number of nitrogens with one attached hydrogen (secondary N) is 1. The van der Waals surface area contributed by atoms with Gasteiger partial charge < -0.3 is 11.1 Å². The number of rotatable bonds is 5. The van der Waals surface area contributed by atoms with E-state index in [4.69, 9.17) is 5.73 Å². The highest BCUT2D eigenvalue weighted by Crippen LogP contribution is 2.21. The van der Waals surface area contributed by atoms with Crippen LogP contribution in [-0.4, -0.2) is 38.9 Å². The van der Waals surface area contributed by atoms with Gasteiger partial charge in [-0.05, 0) is 18.4 Å². The van der Waals surface area contributed by atoms with Crippen LogP contribution in [0.4, 0.5) is 0 Å². The van der Waals surface area contributed by atoms with Gasteiger partial charge in [0.2, 0.25) is 5.91 Å². The Morgan fingerprint density at radius 1 is 1.38 bits per heavy atom. The zero-order valence-electron chi connectivity index (χ0n) is 10.4. The first-order chi connectivity index (χ1) is 7.06. The van der Waals surface area contributed by atoms with Crippen LogP contribution >= 0.6 is 0 Å². The van der Waals surface area contributed by atoms with Crippen molar-refractivity contribution in [2.24, 2.45) is 11.1 Å². The van der Waals surface area contributed by atoms with Crippen LogP contribution in [-0.2, 0) is 14.6 Å². The van der Waals surface area contributed by atoms with Crippen LogP contribution in [0.3, 0.4) is 0 Å². The topological polar surface area (TPSA) is 89.3 Å². The molecule has 16 heavy (non-hydrogen) atoms. The maximum Gasteiger partial charge on any atom is 0.235 e. The molecule has 0 aromatic rings. The molecule has 0 aliphatic carbocycles. The Labute approximate surface area is 97.7 Å². The van der Waals surface area contributed by atoms with Gasteiger partial charge in [0, 0.05) is 12.3 Å². The van der Waals surface area contributed by atoms with E-state index in [0.717, 1.165) is 6.26 Å². The number of sulfone groups is 1. The highest BCUT2D eigenvalue weighted by atomic mass is 32.2. The second-order valence-electron chi connectivity index (χ2n) is 5.13. The van der Waals surface area contributed by atoms with Gasteiger partial charge >= 0.3 is 0 Å². The van der Waals surface area contributed by atoms with E-state index in [2.05, 4.69) is 5.32 Å². The fraction of sp³-hybridized carbons (Fsp3) is 0.900. The van der Waals surface area contributed by atoms with Crippen molar-refractivity contribution in [3.63, 3.8) is 0 Å². The van der Waals surface area contributed by atoms with E-state index in [0.29, 0.717) is 13.0 Å². The molecule has 0 saturated heterocycles. The number of amides is 1. The van der Waals surface area contributed by atoms with Crippen LogP contribution in [0.25, 0.3) is 0 Å². The van der Waals surface area contributed by atoms with Crippen LogP contribution in [0, 0.1) is 5.41 Å². The van der Waals surface area contributed by atoms with Crippen LogP contribution < -0.4 is 11.1 Å². The molecular formula is C10H22N2O3S. The quantitative estimate of drug-likeness (QED) is 0.713. The minimum atomic E-state index is -3.27. The first-order valence-electron chi connectivity index (χ1n) is 5.23. The van der Waals surface area contributed by atoms with Gasteiger partial charge in [0.05, 0.1) is 0 Å². The summed E-state index contributed by atoms with van der Waals surface area (Å²) >= 11 is 0. The third-order valence-corrected chi connectivity index (χ3v) is 3.02. The summed E-state index contributed by atoms with van der Waals surface area (Å²) in [7, 11) is -3.27. The van der Waals surface area contributed by atoms with E-state index in [1.54, 1.807) is 0 Å². The first kappa shape index (κ1) is 15.4. The van der Waals surface area contributed by atoms with Crippen molar-refractivity contribution in [1.29, 1.82) is 0 Å². The van der Waals surface area contributed by atoms with Crippen molar-refractivity contribution < 1.29 is 13.2 Å². The molecule has 1 unspecified atom stereocenters. The van der Waals surface area contributed by atoms with E-state index in [9.17, 15) is 13.2 Å². The van der Waals surface area contributed by atoms with Crippen molar-refractivity contribution in [3.8, 4) is 0 Å². The predicted octanol–water partition coefficient (Wildman–Crippen LogP) is -0.0893. The van der Waals surface area contributed by atoms with E-state index in [1.165, 1.54) is 0 Å². The Morgan fingerprint density at radius 3 is 2.19 bits per heavy atom. The van der Waals surface area contributed by atoms with Gasteiger partial charge in [-0.1, -0.05) is 20.8 Å². The summed E-state index contributed by atoms with van der Waals surface area (Å²) in [5.74, 6) is -0.930. The summed E-state index contributed by atoms with van der Waals surface area (Å²) in [6.07, 6.45) is 1.68. The smallest absolute Gasteiger partial charge is 0.235 e. The third kappa shape index (κ3) is 6.79. The number of hydrogen-bond donors (Lipinski definition) is 2. The lowest BCUT2D eigenvalue weighted by Crippen LogP contribution is -2.46. The highest BCUT2D eigenvalue weighted by molar-refractivity contribution is 7.91. The summed E-state index contributed by atoms with van der Waals surface area (Å²) in [5, 5.41) is 2.72. The van der Waals surface area contributed by atoms with Crippen LogP contribution in [0.2, 0.25) is 0 Å². The van der Waals surface area contributed by atoms with Crippen LogP contribution in [0.1, 0.15) is 27.2 Å².